The minimum absolute atomic E-state index is 0.363. The summed E-state index contributed by atoms with van der Waals surface area (Å²) in [6, 6.07) is 1.33. The zero-order valence-electron chi connectivity index (χ0n) is 8.78. The SMILES string of the molecule is CC[C@@H]1[C@@H](CC(=O)O)CCN1C1CC1. The Morgan fingerprint density at radius 1 is 1.43 bits per heavy atom. The van der Waals surface area contributed by atoms with Crippen LogP contribution in [-0.4, -0.2) is 34.6 Å². The van der Waals surface area contributed by atoms with E-state index in [0.29, 0.717) is 18.4 Å². The summed E-state index contributed by atoms with van der Waals surface area (Å²) in [7, 11) is 0. The summed E-state index contributed by atoms with van der Waals surface area (Å²) in [4.78, 5) is 13.2. The maximum absolute atomic E-state index is 10.7. The van der Waals surface area contributed by atoms with Gasteiger partial charge in [0, 0.05) is 18.5 Å². The van der Waals surface area contributed by atoms with Crippen molar-refractivity contribution in [2.45, 2.75) is 51.1 Å². The second kappa shape index (κ2) is 3.89. The number of hydrogen-bond acceptors (Lipinski definition) is 2. The number of likely N-dealkylation sites (tertiary alicyclic amines) is 1. The second-order valence-electron chi connectivity index (χ2n) is 4.59. The molecule has 2 fully saturated rings. The van der Waals surface area contributed by atoms with E-state index in [4.69, 9.17) is 5.11 Å². The van der Waals surface area contributed by atoms with Crippen LogP contribution < -0.4 is 0 Å². The van der Waals surface area contributed by atoms with Gasteiger partial charge in [-0.05, 0) is 38.1 Å². The molecule has 0 bridgehead atoms. The largest absolute Gasteiger partial charge is 0.481 e. The zero-order chi connectivity index (χ0) is 10.1. The Hall–Kier alpha value is -0.570. The van der Waals surface area contributed by atoms with Gasteiger partial charge in [-0.3, -0.25) is 9.69 Å². The number of rotatable bonds is 4. The predicted octanol–water partition coefficient (Wildman–Crippen LogP) is 1.72. The first kappa shape index (κ1) is 9.97. The maximum atomic E-state index is 10.7. The highest BCUT2D eigenvalue weighted by molar-refractivity contribution is 5.67. The summed E-state index contributed by atoms with van der Waals surface area (Å²) in [5.74, 6) is -0.232. The molecule has 3 heteroatoms. The normalized spacial score (nSPS) is 33.5. The average molecular weight is 197 g/mol. The van der Waals surface area contributed by atoms with E-state index in [1.807, 2.05) is 0 Å². The number of carbonyl (C=O) groups is 1. The molecule has 14 heavy (non-hydrogen) atoms. The summed E-state index contributed by atoms with van der Waals surface area (Å²) < 4.78 is 0. The summed E-state index contributed by atoms with van der Waals surface area (Å²) in [5.41, 5.74) is 0. The van der Waals surface area contributed by atoms with Gasteiger partial charge < -0.3 is 5.11 Å². The van der Waals surface area contributed by atoms with Crippen molar-refractivity contribution in [1.29, 1.82) is 0 Å². The maximum Gasteiger partial charge on any atom is 0.303 e. The van der Waals surface area contributed by atoms with E-state index in [2.05, 4.69) is 11.8 Å². The van der Waals surface area contributed by atoms with Crippen LogP contribution in [0.5, 0.6) is 0 Å². The van der Waals surface area contributed by atoms with E-state index in [1.54, 1.807) is 0 Å². The molecule has 1 N–H and O–H groups in total. The first-order valence-corrected chi connectivity index (χ1v) is 5.70. The minimum Gasteiger partial charge on any atom is -0.481 e. The number of hydrogen-bond donors (Lipinski definition) is 1. The summed E-state index contributed by atoms with van der Waals surface area (Å²) >= 11 is 0. The molecule has 2 atom stereocenters. The Morgan fingerprint density at radius 3 is 2.64 bits per heavy atom. The quantitative estimate of drug-likeness (QED) is 0.746. The van der Waals surface area contributed by atoms with Crippen molar-refractivity contribution in [3.05, 3.63) is 0 Å². The molecule has 0 amide bonds. The molecule has 0 radical (unpaired) electrons. The van der Waals surface area contributed by atoms with E-state index in [-0.39, 0.29) is 0 Å². The molecule has 3 nitrogen and oxygen atoms in total. The van der Waals surface area contributed by atoms with Gasteiger partial charge in [0.05, 0.1) is 0 Å². The summed E-state index contributed by atoms with van der Waals surface area (Å²) in [6.07, 6.45) is 5.21. The number of nitrogens with zero attached hydrogens (tertiary/aromatic N) is 1. The highest BCUT2D eigenvalue weighted by Gasteiger charge is 2.41. The van der Waals surface area contributed by atoms with Crippen molar-refractivity contribution in [3.63, 3.8) is 0 Å². The lowest BCUT2D eigenvalue weighted by Gasteiger charge is -2.26. The van der Waals surface area contributed by atoms with E-state index < -0.39 is 5.97 Å². The van der Waals surface area contributed by atoms with Crippen LogP contribution in [0, 0.1) is 5.92 Å². The second-order valence-corrected chi connectivity index (χ2v) is 4.59. The van der Waals surface area contributed by atoms with Crippen LogP contribution in [0.15, 0.2) is 0 Å². The van der Waals surface area contributed by atoms with Crippen LogP contribution in [0.4, 0.5) is 0 Å². The summed E-state index contributed by atoms with van der Waals surface area (Å²) in [6.45, 7) is 3.31. The van der Waals surface area contributed by atoms with Gasteiger partial charge >= 0.3 is 5.97 Å². The Balaban J connectivity index is 1.95. The van der Waals surface area contributed by atoms with Crippen molar-refractivity contribution in [2.24, 2.45) is 5.92 Å². The Labute approximate surface area is 85.1 Å². The molecule has 0 aromatic rings. The molecule has 1 aliphatic carbocycles. The number of carboxylic acids is 1. The topological polar surface area (TPSA) is 40.5 Å². The molecular formula is C11H19NO2. The molecule has 0 aromatic heterocycles. The molecule has 1 aliphatic heterocycles. The third-order valence-electron chi connectivity index (χ3n) is 3.60. The molecular weight excluding hydrogens is 178 g/mol. The van der Waals surface area contributed by atoms with Crippen LogP contribution in [-0.2, 0) is 4.79 Å². The van der Waals surface area contributed by atoms with Crippen LogP contribution in [0.1, 0.15) is 39.0 Å². The molecule has 1 saturated carbocycles. The van der Waals surface area contributed by atoms with Gasteiger partial charge in [0.1, 0.15) is 0 Å². The Kier molecular flexibility index (Phi) is 2.77. The molecule has 0 spiro atoms. The highest BCUT2D eigenvalue weighted by Crippen LogP contribution is 2.38. The van der Waals surface area contributed by atoms with Crippen molar-refractivity contribution < 1.29 is 9.90 Å². The Bertz CT molecular complexity index is 225. The fourth-order valence-corrected chi connectivity index (χ4v) is 2.83. The predicted molar refractivity (Wildman–Crippen MR) is 54.2 cm³/mol. The average Bonchev–Trinajstić information content (AvgIpc) is 2.88. The first-order chi connectivity index (χ1) is 6.72. The number of aliphatic carboxylic acids is 1. The van der Waals surface area contributed by atoms with Gasteiger partial charge in [-0.1, -0.05) is 6.92 Å². The van der Waals surface area contributed by atoms with Gasteiger partial charge in [-0.25, -0.2) is 0 Å². The molecule has 0 unspecified atom stereocenters. The lowest BCUT2D eigenvalue weighted by molar-refractivity contribution is -0.138. The van der Waals surface area contributed by atoms with Gasteiger partial charge in [0.25, 0.3) is 0 Å². The van der Waals surface area contributed by atoms with Crippen LogP contribution in [0.2, 0.25) is 0 Å². The third kappa shape index (κ3) is 1.92. The zero-order valence-corrected chi connectivity index (χ0v) is 8.78. The highest BCUT2D eigenvalue weighted by atomic mass is 16.4. The van der Waals surface area contributed by atoms with E-state index in [0.717, 1.165) is 25.4 Å². The lowest BCUT2D eigenvalue weighted by atomic mass is 9.95. The van der Waals surface area contributed by atoms with Crippen LogP contribution in [0.3, 0.4) is 0 Å². The monoisotopic (exact) mass is 197 g/mol. The minimum atomic E-state index is -0.633. The molecule has 1 heterocycles. The standard InChI is InChI=1S/C11H19NO2/c1-2-10-8(7-11(13)14)5-6-12(10)9-3-4-9/h8-10H,2-7H2,1H3,(H,13,14)/t8-,10-/m1/s1. The van der Waals surface area contributed by atoms with Crippen molar-refractivity contribution in [3.8, 4) is 0 Å². The smallest absolute Gasteiger partial charge is 0.303 e. The summed E-state index contributed by atoms with van der Waals surface area (Å²) in [5, 5.41) is 8.81. The van der Waals surface area contributed by atoms with E-state index >= 15 is 0 Å². The number of carboxylic acid groups (broad SMARTS) is 1. The lowest BCUT2D eigenvalue weighted by Crippen LogP contribution is -2.34. The van der Waals surface area contributed by atoms with E-state index in [9.17, 15) is 4.79 Å². The molecule has 2 aliphatic rings. The van der Waals surface area contributed by atoms with Gasteiger partial charge in [0.2, 0.25) is 0 Å². The van der Waals surface area contributed by atoms with Crippen molar-refractivity contribution in [2.75, 3.05) is 6.54 Å². The van der Waals surface area contributed by atoms with Crippen LogP contribution >= 0.6 is 0 Å². The van der Waals surface area contributed by atoms with Crippen LogP contribution in [0.25, 0.3) is 0 Å². The fourth-order valence-electron chi connectivity index (χ4n) is 2.83. The molecule has 2 rings (SSSR count). The van der Waals surface area contributed by atoms with Gasteiger partial charge in [-0.2, -0.15) is 0 Å². The van der Waals surface area contributed by atoms with E-state index in [1.165, 1.54) is 12.8 Å². The van der Waals surface area contributed by atoms with Gasteiger partial charge in [-0.15, -0.1) is 0 Å². The van der Waals surface area contributed by atoms with Crippen molar-refractivity contribution in [1.82, 2.24) is 4.90 Å². The first-order valence-electron chi connectivity index (χ1n) is 5.70. The molecule has 0 aromatic carbocycles. The third-order valence-corrected chi connectivity index (χ3v) is 3.60. The van der Waals surface area contributed by atoms with Gasteiger partial charge in [0.15, 0.2) is 0 Å². The molecule has 80 valence electrons. The Morgan fingerprint density at radius 2 is 2.14 bits per heavy atom. The molecule has 1 saturated heterocycles. The van der Waals surface area contributed by atoms with Crippen molar-refractivity contribution >= 4 is 5.97 Å². The fraction of sp³-hybridized carbons (Fsp3) is 0.909.